The van der Waals surface area contributed by atoms with Crippen LogP contribution in [-0.4, -0.2) is 58.6 Å². The Morgan fingerprint density at radius 2 is 2.04 bits per heavy atom. The smallest absolute Gasteiger partial charge is 0.247 e. The molecule has 126 valence electrons. The zero-order chi connectivity index (χ0) is 16.9. The summed E-state index contributed by atoms with van der Waals surface area (Å²) in [5, 5.41) is 11.4. The molecule has 1 aromatic carbocycles. The molecule has 24 heavy (non-hydrogen) atoms. The van der Waals surface area contributed by atoms with Gasteiger partial charge < -0.3 is 15.1 Å². The predicted molar refractivity (Wildman–Crippen MR) is 93.9 cm³/mol. The molecule has 0 radical (unpaired) electrons. The first kappa shape index (κ1) is 16.3. The quantitative estimate of drug-likeness (QED) is 0.842. The number of Topliss-reactive ketones (excluding diaryl/α,β-unsaturated/α-hetero) is 1. The molecule has 1 aliphatic heterocycles. The van der Waals surface area contributed by atoms with E-state index in [4.69, 9.17) is 0 Å². The second-order valence-corrected chi connectivity index (χ2v) is 5.82. The van der Waals surface area contributed by atoms with Crippen LogP contribution < -0.4 is 10.2 Å². The first-order valence-corrected chi connectivity index (χ1v) is 8.21. The Bertz CT molecular complexity index is 712. The molecule has 0 aliphatic carbocycles. The molecule has 1 aliphatic rings. The SMILES string of the molecule is CCN1CCN(c2nncc(Nc3cccc(C(C)=O)c3)n2)CC1. The first-order chi connectivity index (χ1) is 11.7. The van der Waals surface area contributed by atoms with Crippen molar-refractivity contribution in [3.8, 4) is 0 Å². The van der Waals surface area contributed by atoms with Crippen LogP contribution in [0.1, 0.15) is 24.2 Å². The van der Waals surface area contributed by atoms with Crippen molar-refractivity contribution in [2.24, 2.45) is 0 Å². The van der Waals surface area contributed by atoms with Crippen LogP contribution in [0.4, 0.5) is 17.5 Å². The number of nitrogens with zero attached hydrogens (tertiary/aromatic N) is 5. The van der Waals surface area contributed by atoms with Gasteiger partial charge in [0.1, 0.15) is 0 Å². The van der Waals surface area contributed by atoms with E-state index in [1.54, 1.807) is 19.2 Å². The molecule has 0 bridgehead atoms. The summed E-state index contributed by atoms with van der Waals surface area (Å²) in [6.07, 6.45) is 1.59. The van der Waals surface area contributed by atoms with Crippen molar-refractivity contribution in [1.82, 2.24) is 20.1 Å². The zero-order valence-electron chi connectivity index (χ0n) is 14.1. The molecule has 7 nitrogen and oxygen atoms in total. The van der Waals surface area contributed by atoms with Crippen LogP contribution in [0.3, 0.4) is 0 Å². The number of carbonyl (C=O) groups is 1. The van der Waals surface area contributed by atoms with Gasteiger partial charge in [-0.2, -0.15) is 10.1 Å². The van der Waals surface area contributed by atoms with Crippen molar-refractivity contribution in [3.05, 3.63) is 36.0 Å². The van der Waals surface area contributed by atoms with Crippen LogP contribution in [0.2, 0.25) is 0 Å². The summed E-state index contributed by atoms with van der Waals surface area (Å²) in [5.41, 5.74) is 1.47. The number of anilines is 3. The van der Waals surface area contributed by atoms with E-state index in [0.717, 1.165) is 38.4 Å². The summed E-state index contributed by atoms with van der Waals surface area (Å²) in [5.74, 6) is 1.30. The molecule has 7 heteroatoms. The average Bonchev–Trinajstić information content (AvgIpc) is 2.62. The van der Waals surface area contributed by atoms with Gasteiger partial charge in [-0.05, 0) is 25.6 Å². The van der Waals surface area contributed by atoms with Crippen molar-refractivity contribution in [3.63, 3.8) is 0 Å². The lowest BCUT2D eigenvalue weighted by molar-refractivity contribution is 0.101. The molecule has 1 fully saturated rings. The van der Waals surface area contributed by atoms with E-state index in [9.17, 15) is 4.79 Å². The topological polar surface area (TPSA) is 74.2 Å². The third kappa shape index (κ3) is 3.86. The standard InChI is InChI=1S/C17H22N6O/c1-3-22-7-9-23(10-8-22)17-20-16(12-18-21-17)19-15-6-4-5-14(11-15)13(2)24/h4-6,11-12H,3,7-10H2,1-2H3,(H,19,20,21). The van der Waals surface area contributed by atoms with E-state index in [2.05, 4.69) is 37.2 Å². The fourth-order valence-corrected chi connectivity index (χ4v) is 2.72. The lowest BCUT2D eigenvalue weighted by Gasteiger charge is -2.33. The summed E-state index contributed by atoms with van der Waals surface area (Å²) >= 11 is 0. The van der Waals surface area contributed by atoms with Gasteiger partial charge in [-0.15, -0.1) is 5.10 Å². The molecule has 1 aromatic heterocycles. The summed E-state index contributed by atoms with van der Waals surface area (Å²) < 4.78 is 0. The highest BCUT2D eigenvalue weighted by atomic mass is 16.1. The number of rotatable bonds is 5. The highest BCUT2D eigenvalue weighted by Crippen LogP contribution is 2.18. The maximum atomic E-state index is 11.5. The van der Waals surface area contributed by atoms with Crippen molar-refractivity contribution >= 4 is 23.2 Å². The van der Waals surface area contributed by atoms with Crippen LogP contribution >= 0.6 is 0 Å². The van der Waals surface area contributed by atoms with Gasteiger partial charge in [-0.25, -0.2) is 0 Å². The predicted octanol–water partition coefficient (Wildman–Crippen LogP) is 1.96. The van der Waals surface area contributed by atoms with Gasteiger partial charge in [0.2, 0.25) is 5.95 Å². The van der Waals surface area contributed by atoms with Crippen molar-refractivity contribution in [2.75, 3.05) is 42.9 Å². The van der Waals surface area contributed by atoms with Gasteiger partial charge in [0.05, 0.1) is 6.20 Å². The number of hydrogen-bond donors (Lipinski definition) is 1. The van der Waals surface area contributed by atoms with Crippen LogP contribution in [0.5, 0.6) is 0 Å². The number of benzene rings is 1. The van der Waals surface area contributed by atoms with E-state index in [0.29, 0.717) is 17.3 Å². The third-order valence-electron chi connectivity index (χ3n) is 4.19. The minimum atomic E-state index is 0.0361. The fourth-order valence-electron chi connectivity index (χ4n) is 2.72. The largest absolute Gasteiger partial charge is 0.339 e. The molecule has 3 rings (SSSR count). The number of hydrogen-bond acceptors (Lipinski definition) is 7. The number of aromatic nitrogens is 3. The molecular weight excluding hydrogens is 304 g/mol. The zero-order valence-corrected chi connectivity index (χ0v) is 14.1. The Balaban J connectivity index is 1.72. The lowest BCUT2D eigenvalue weighted by atomic mass is 10.1. The fraction of sp³-hybridized carbons (Fsp3) is 0.412. The van der Waals surface area contributed by atoms with Crippen LogP contribution in [-0.2, 0) is 0 Å². The van der Waals surface area contributed by atoms with Gasteiger partial charge in [-0.1, -0.05) is 19.1 Å². The van der Waals surface area contributed by atoms with E-state index >= 15 is 0 Å². The molecular formula is C17H22N6O. The van der Waals surface area contributed by atoms with E-state index < -0.39 is 0 Å². The van der Waals surface area contributed by atoms with E-state index in [1.165, 1.54) is 0 Å². The molecule has 2 heterocycles. The van der Waals surface area contributed by atoms with Crippen LogP contribution in [0.15, 0.2) is 30.5 Å². The second-order valence-electron chi connectivity index (χ2n) is 5.82. The minimum absolute atomic E-state index is 0.0361. The van der Waals surface area contributed by atoms with E-state index in [1.807, 2.05) is 18.2 Å². The summed E-state index contributed by atoms with van der Waals surface area (Å²) in [4.78, 5) is 20.6. The summed E-state index contributed by atoms with van der Waals surface area (Å²) in [6, 6.07) is 7.35. The number of carbonyl (C=O) groups excluding carboxylic acids is 1. The lowest BCUT2D eigenvalue weighted by Crippen LogP contribution is -2.46. The van der Waals surface area contributed by atoms with E-state index in [-0.39, 0.29) is 5.78 Å². The first-order valence-electron chi connectivity index (χ1n) is 8.21. The Labute approximate surface area is 141 Å². The van der Waals surface area contributed by atoms with Gasteiger partial charge >= 0.3 is 0 Å². The highest BCUT2D eigenvalue weighted by molar-refractivity contribution is 5.95. The number of ketones is 1. The molecule has 0 spiro atoms. The Morgan fingerprint density at radius 1 is 1.25 bits per heavy atom. The molecule has 1 saturated heterocycles. The van der Waals surface area contributed by atoms with Crippen LogP contribution in [0, 0.1) is 0 Å². The molecule has 0 atom stereocenters. The van der Waals surface area contributed by atoms with Crippen LogP contribution in [0.25, 0.3) is 0 Å². The molecule has 0 amide bonds. The average molecular weight is 326 g/mol. The molecule has 0 saturated carbocycles. The second kappa shape index (κ2) is 7.35. The monoisotopic (exact) mass is 326 g/mol. The normalized spacial score (nSPS) is 15.3. The van der Waals surface area contributed by atoms with Gasteiger partial charge in [0.15, 0.2) is 11.6 Å². The van der Waals surface area contributed by atoms with Crippen molar-refractivity contribution in [1.29, 1.82) is 0 Å². The Morgan fingerprint density at radius 3 is 2.75 bits per heavy atom. The number of likely N-dealkylation sites (N-methyl/N-ethyl adjacent to an activating group) is 1. The van der Waals surface area contributed by atoms with Crippen molar-refractivity contribution in [2.45, 2.75) is 13.8 Å². The maximum Gasteiger partial charge on any atom is 0.247 e. The van der Waals surface area contributed by atoms with Gasteiger partial charge in [0, 0.05) is 37.4 Å². The summed E-state index contributed by atoms with van der Waals surface area (Å²) in [6.45, 7) is 8.63. The third-order valence-corrected chi connectivity index (χ3v) is 4.19. The van der Waals surface area contributed by atoms with Crippen molar-refractivity contribution < 1.29 is 4.79 Å². The Kier molecular flexibility index (Phi) is 5.00. The number of nitrogens with one attached hydrogen (secondary N) is 1. The molecule has 0 unspecified atom stereocenters. The molecule has 1 N–H and O–H groups in total. The Hall–Kier alpha value is -2.54. The number of piperazine rings is 1. The maximum absolute atomic E-state index is 11.5. The highest BCUT2D eigenvalue weighted by Gasteiger charge is 2.18. The van der Waals surface area contributed by atoms with Gasteiger partial charge in [0.25, 0.3) is 0 Å². The molecule has 2 aromatic rings. The summed E-state index contributed by atoms with van der Waals surface area (Å²) in [7, 11) is 0. The van der Waals surface area contributed by atoms with Gasteiger partial charge in [-0.3, -0.25) is 4.79 Å². The minimum Gasteiger partial charge on any atom is -0.339 e.